The van der Waals surface area contributed by atoms with Crippen molar-refractivity contribution in [3.8, 4) is 0 Å². The maximum atomic E-state index is 5.69. The third-order valence-corrected chi connectivity index (χ3v) is 3.61. The molecule has 2 heterocycles. The lowest BCUT2D eigenvalue weighted by atomic mass is 10.2. The first-order chi connectivity index (χ1) is 9.28. The smallest absolute Gasteiger partial charge is 0.245 e. The van der Waals surface area contributed by atoms with Gasteiger partial charge in [0.15, 0.2) is 0 Å². The highest BCUT2D eigenvalue weighted by atomic mass is 16.5. The average Bonchev–Trinajstić information content (AvgIpc) is 2.97. The molecule has 1 aliphatic heterocycles. The molecule has 106 valence electrons. The molecule has 1 fully saturated rings. The molecule has 1 unspecified atom stereocenters. The summed E-state index contributed by atoms with van der Waals surface area (Å²) >= 11 is 0. The van der Waals surface area contributed by atoms with Crippen LogP contribution < -0.4 is 4.90 Å². The summed E-state index contributed by atoms with van der Waals surface area (Å²) in [6.07, 6.45) is 4.41. The molecule has 1 aromatic heterocycles. The van der Waals surface area contributed by atoms with Gasteiger partial charge in [-0.2, -0.15) is 5.10 Å². The Morgan fingerprint density at radius 1 is 1.16 bits per heavy atom. The monoisotopic (exact) mass is 264 g/mol. The van der Waals surface area contributed by atoms with Crippen molar-refractivity contribution < 1.29 is 4.74 Å². The molecule has 0 saturated carbocycles. The summed E-state index contributed by atoms with van der Waals surface area (Å²) in [5, 5.41) is 8.60. The maximum Gasteiger partial charge on any atom is 0.245 e. The van der Waals surface area contributed by atoms with E-state index >= 15 is 0 Å². The second kappa shape index (κ2) is 6.80. The highest BCUT2D eigenvalue weighted by molar-refractivity contribution is 5.30. The van der Waals surface area contributed by atoms with Crippen molar-refractivity contribution in [2.75, 3.05) is 24.6 Å². The molecule has 5 nitrogen and oxygen atoms in total. The number of aryl methyl sites for hydroxylation is 2. The van der Waals surface area contributed by atoms with Crippen LogP contribution in [0.15, 0.2) is 0 Å². The van der Waals surface area contributed by atoms with E-state index in [1.807, 2.05) is 0 Å². The zero-order valence-corrected chi connectivity index (χ0v) is 12.2. The van der Waals surface area contributed by atoms with Gasteiger partial charge < -0.3 is 9.64 Å². The SMILES string of the molecule is CCc1nnc(N(CC)CC2CCCO2)nc1CC. The second-order valence-electron chi connectivity index (χ2n) is 4.89. The Labute approximate surface area is 115 Å². The third-order valence-electron chi connectivity index (χ3n) is 3.61. The molecular weight excluding hydrogens is 240 g/mol. The van der Waals surface area contributed by atoms with E-state index in [4.69, 9.17) is 4.74 Å². The number of hydrogen-bond acceptors (Lipinski definition) is 5. The zero-order chi connectivity index (χ0) is 13.7. The number of ether oxygens (including phenoxy) is 1. The lowest BCUT2D eigenvalue weighted by Gasteiger charge is -2.24. The van der Waals surface area contributed by atoms with E-state index in [0.29, 0.717) is 6.10 Å². The topological polar surface area (TPSA) is 51.1 Å². The predicted octanol–water partition coefficient (Wildman–Crippen LogP) is 2.00. The normalized spacial score (nSPS) is 18.8. The van der Waals surface area contributed by atoms with E-state index in [0.717, 1.165) is 62.7 Å². The average molecular weight is 264 g/mol. The molecular formula is C14H24N4O. The minimum Gasteiger partial charge on any atom is -0.376 e. The van der Waals surface area contributed by atoms with Crippen LogP contribution in [0.4, 0.5) is 5.95 Å². The molecule has 1 saturated heterocycles. The molecule has 1 atom stereocenters. The highest BCUT2D eigenvalue weighted by Gasteiger charge is 2.20. The molecule has 0 spiro atoms. The first kappa shape index (κ1) is 14.2. The van der Waals surface area contributed by atoms with Crippen LogP contribution in [0, 0.1) is 0 Å². The van der Waals surface area contributed by atoms with Crippen molar-refractivity contribution in [2.24, 2.45) is 0 Å². The van der Waals surface area contributed by atoms with Crippen molar-refractivity contribution in [1.82, 2.24) is 15.2 Å². The number of hydrogen-bond donors (Lipinski definition) is 0. The molecule has 0 aromatic carbocycles. The van der Waals surface area contributed by atoms with Gasteiger partial charge in [0.2, 0.25) is 5.95 Å². The fraction of sp³-hybridized carbons (Fsp3) is 0.786. The number of aromatic nitrogens is 3. The standard InChI is InChI=1S/C14H24N4O/c1-4-12-13(5-2)16-17-14(15-12)18(6-3)10-11-8-7-9-19-11/h11H,4-10H2,1-3H3. The van der Waals surface area contributed by atoms with Crippen LogP contribution in [-0.4, -0.2) is 41.0 Å². The Balaban J connectivity index is 2.12. The van der Waals surface area contributed by atoms with E-state index in [1.54, 1.807) is 0 Å². The van der Waals surface area contributed by atoms with Gasteiger partial charge in [0.1, 0.15) is 0 Å². The number of likely N-dealkylation sites (N-methyl/N-ethyl adjacent to an activating group) is 1. The van der Waals surface area contributed by atoms with Crippen LogP contribution >= 0.6 is 0 Å². The Hall–Kier alpha value is -1.23. The first-order valence-corrected chi connectivity index (χ1v) is 7.37. The van der Waals surface area contributed by atoms with Crippen LogP contribution in [0.3, 0.4) is 0 Å². The fourth-order valence-electron chi connectivity index (χ4n) is 2.45. The van der Waals surface area contributed by atoms with Gasteiger partial charge in [-0.05, 0) is 32.6 Å². The van der Waals surface area contributed by atoms with Crippen molar-refractivity contribution in [1.29, 1.82) is 0 Å². The zero-order valence-electron chi connectivity index (χ0n) is 12.2. The fourth-order valence-corrected chi connectivity index (χ4v) is 2.45. The summed E-state index contributed by atoms with van der Waals surface area (Å²) < 4.78 is 5.69. The van der Waals surface area contributed by atoms with Crippen LogP contribution in [0.1, 0.15) is 45.0 Å². The van der Waals surface area contributed by atoms with E-state index in [2.05, 4.69) is 40.9 Å². The number of rotatable bonds is 6. The van der Waals surface area contributed by atoms with Gasteiger partial charge in [-0.1, -0.05) is 13.8 Å². The van der Waals surface area contributed by atoms with Crippen LogP contribution in [0.2, 0.25) is 0 Å². The lowest BCUT2D eigenvalue weighted by molar-refractivity contribution is 0.115. The molecule has 19 heavy (non-hydrogen) atoms. The molecule has 0 bridgehead atoms. The van der Waals surface area contributed by atoms with Crippen molar-refractivity contribution in [2.45, 2.75) is 52.6 Å². The number of nitrogens with zero attached hydrogens (tertiary/aromatic N) is 4. The molecule has 2 rings (SSSR count). The molecule has 1 aliphatic rings. The molecule has 0 N–H and O–H groups in total. The summed E-state index contributed by atoms with van der Waals surface area (Å²) in [7, 11) is 0. The highest BCUT2D eigenvalue weighted by Crippen LogP contribution is 2.17. The van der Waals surface area contributed by atoms with E-state index in [-0.39, 0.29) is 0 Å². The quantitative estimate of drug-likeness (QED) is 0.786. The first-order valence-electron chi connectivity index (χ1n) is 7.37. The lowest BCUT2D eigenvalue weighted by Crippen LogP contribution is -2.34. The molecule has 5 heteroatoms. The maximum absolute atomic E-state index is 5.69. The second-order valence-corrected chi connectivity index (χ2v) is 4.89. The third kappa shape index (κ3) is 3.41. The Bertz CT molecular complexity index is 404. The van der Waals surface area contributed by atoms with Gasteiger partial charge in [0.25, 0.3) is 0 Å². The van der Waals surface area contributed by atoms with E-state index in [9.17, 15) is 0 Å². The van der Waals surface area contributed by atoms with Gasteiger partial charge >= 0.3 is 0 Å². The van der Waals surface area contributed by atoms with Crippen molar-refractivity contribution >= 4 is 5.95 Å². The van der Waals surface area contributed by atoms with Crippen molar-refractivity contribution in [3.05, 3.63) is 11.4 Å². The van der Waals surface area contributed by atoms with Crippen LogP contribution in [0.25, 0.3) is 0 Å². The minimum atomic E-state index is 0.319. The Kier molecular flexibility index (Phi) is 5.07. The van der Waals surface area contributed by atoms with Gasteiger partial charge in [-0.15, -0.1) is 5.10 Å². The summed E-state index contributed by atoms with van der Waals surface area (Å²) in [5.41, 5.74) is 2.08. The van der Waals surface area contributed by atoms with Gasteiger partial charge in [0.05, 0.1) is 17.5 Å². The van der Waals surface area contributed by atoms with E-state index in [1.165, 1.54) is 0 Å². The molecule has 0 aliphatic carbocycles. The van der Waals surface area contributed by atoms with E-state index < -0.39 is 0 Å². The predicted molar refractivity (Wildman–Crippen MR) is 75.4 cm³/mol. The van der Waals surface area contributed by atoms with Crippen LogP contribution in [0.5, 0.6) is 0 Å². The van der Waals surface area contributed by atoms with Gasteiger partial charge in [-0.25, -0.2) is 4.98 Å². The summed E-state index contributed by atoms with van der Waals surface area (Å²) in [6.45, 7) is 8.97. The van der Waals surface area contributed by atoms with Gasteiger partial charge in [-0.3, -0.25) is 0 Å². The Morgan fingerprint density at radius 3 is 2.53 bits per heavy atom. The van der Waals surface area contributed by atoms with Crippen molar-refractivity contribution in [3.63, 3.8) is 0 Å². The molecule has 0 amide bonds. The molecule has 1 aromatic rings. The van der Waals surface area contributed by atoms with Crippen LogP contribution in [-0.2, 0) is 17.6 Å². The molecule has 0 radical (unpaired) electrons. The minimum absolute atomic E-state index is 0.319. The summed E-state index contributed by atoms with van der Waals surface area (Å²) in [5.74, 6) is 0.743. The number of anilines is 1. The largest absolute Gasteiger partial charge is 0.376 e. The summed E-state index contributed by atoms with van der Waals surface area (Å²) in [4.78, 5) is 6.84. The summed E-state index contributed by atoms with van der Waals surface area (Å²) in [6, 6.07) is 0. The Morgan fingerprint density at radius 2 is 1.95 bits per heavy atom. The van der Waals surface area contributed by atoms with Gasteiger partial charge in [0, 0.05) is 19.7 Å².